The van der Waals surface area contributed by atoms with Gasteiger partial charge in [-0.05, 0) is 31.9 Å². The molecule has 7 heteroatoms. The predicted octanol–water partition coefficient (Wildman–Crippen LogP) is 2.35. The fourth-order valence-electron chi connectivity index (χ4n) is 1.66. The zero-order valence-corrected chi connectivity index (χ0v) is 11.2. The van der Waals surface area contributed by atoms with E-state index in [1.54, 1.807) is 6.92 Å². The van der Waals surface area contributed by atoms with Crippen molar-refractivity contribution in [2.24, 2.45) is 0 Å². The smallest absolute Gasteiger partial charge is 0.342 e. The highest BCUT2D eigenvalue weighted by Crippen LogP contribution is 2.28. The van der Waals surface area contributed by atoms with Gasteiger partial charge in [0.15, 0.2) is 0 Å². The van der Waals surface area contributed by atoms with Crippen molar-refractivity contribution in [1.29, 1.82) is 0 Å². The van der Waals surface area contributed by atoms with Crippen LogP contribution in [-0.4, -0.2) is 28.4 Å². The highest BCUT2D eigenvalue weighted by Gasteiger charge is 2.22. The molecule has 108 valence electrons. The maximum absolute atomic E-state index is 10.9. The summed E-state index contributed by atoms with van der Waals surface area (Å²) >= 11 is 0. The molecule has 1 aromatic rings. The Labute approximate surface area is 115 Å². The molecule has 0 saturated carbocycles. The van der Waals surface area contributed by atoms with Gasteiger partial charge in [-0.3, -0.25) is 10.1 Å². The molecule has 1 N–H and O–H groups in total. The molecule has 0 fully saturated rings. The Morgan fingerprint density at radius 2 is 2.05 bits per heavy atom. The van der Waals surface area contributed by atoms with Gasteiger partial charge < -0.3 is 14.6 Å². The summed E-state index contributed by atoms with van der Waals surface area (Å²) < 4.78 is 5.36. The van der Waals surface area contributed by atoms with Gasteiger partial charge in [-0.25, -0.2) is 4.79 Å². The number of aryl methyl sites for hydroxylation is 1. The summed E-state index contributed by atoms with van der Waals surface area (Å²) in [5, 5.41) is 19.8. The average Bonchev–Trinajstić information content (AvgIpc) is 2.34. The zero-order valence-electron chi connectivity index (χ0n) is 11.2. The first kappa shape index (κ1) is 15.6. The van der Waals surface area contributed by atoms with Gasteiger partial charge >= 0.3 is 5.97 Å². The number of carbonyl (C=O) groups excluding carboxylic acids is 1. The summed E-state index contributed by atoms with van der Waals surface area (Å²) in [6.45, 7) is 3.32. The van der Waals surface area contributed by atoms with E-state index in [1.807, 2.05) is 0 Å². The maximum atomic E-state index is 10.9. The van der Waals surface area contributed by atoms with Gasteiger partial charge in [0.25, 0.3) is 5.69 Å². The van der Waals surface area contributed by atoms with E-state index in [2.05, 4.69) is 0 Å². The van der Waals surface area contributed by atoms with Crippen molar-refractivity contribution in [2.45, 2.75) is 26.7 Å². The quantitative estimate of drug-likeness (QED) is 0.467. The molecule has 0 aliphatic carbocycles. The number of hydrogen-bond acceptors (Lipinski definition) is 5. The van der Waals surface area contributed by atoms with Crippen molar-refractivity contribution in [1.82, 2.24) is 0 Å². The zero-order chi connectivity index (χ0) is 15.3. The Hall–Kier alpha value is -2.44. The number of nitro groups is 1. The highest BCUT2D eigenvalue weighted by atomic mass is 16.6. The van der Waals surface area contributed by atoms with Crippen LogP contribution in [0.4, 0.5) is 5.69 Å². The van der Waals surface area contributed by atoms with Gasteiger partial charge in [-0.15, -0.1) is 0 Å². The van der Waals surface area contributed by atoms with Gasteiger partial charge in [-0.1, -0.05) is 0 Å². The van der Waals surface area contributed by atoms with Crippen LogP contribution in [0.15, 0.2) is 12.1 Å². The number of carbonyl (C=O) groups is 2. The lowest BCUT2D eigenvalue weighted by molar-refractivity contribution is -0.385. The monoisotopic (exact) mass is 281 g/mol. The third-order valence-corrected chi connectivity index (χ3v) is 2.65. The number of Topliss-reactive ketones (excluding diaryl/α,β-unsaturated/α-hetero) is 1. The van der Waals surface area contributed by atoms with Crippen LogP contribution in [0.3, 0.4) is 0 Å². The van der Waals surface area contributed by atoms with E-state index in [-0.39, 0.29) is 23.7 Å². The number of carboxylic acid groups (broad SMARTS) is 1. The number of hydrogen-bond donors (Lipinski definition) is 1. The number of nitrogens with zero attached hydrogens (tertiary/aromatic N) is 1. The van der Waals surface area contributed by atoms with Crippen LogP contribution in [0.25, 0.3) is 0 Å². The van der Waals surface area contributed by atoms with Crippen LogP contribution in [0.5, 0.6) is 5.75 Å². The summed E-state index contributed by atoms with van der Waals surface area (Å²) in [6, 6.07) is 2.31. The molecular formula is C13H15NO6. The summed E-state index contributed by atoms with van der Waals surface area (Å²) in [4.78, 5) is 31.8. The normalized spacial score (nSPS) is 10.1. The van der Waals surface area contributed by atoms with E-state index in [4.69, 9.17) is 9.84 Å². The fraction of sp³-hybridized carbons (Fsp3) is 0.385. The second kappa shape index (κ2) is 6.65. The third kappa shape index (κ3) is 4.04. The lowest BCUT2D eigenvalue weighted by Gasteiger charge is -2.09. The Morgan fingerprint density at radius 1 is 1.40 bits per heavy atom. The molecule has 0 radical (unpaired) electrons. The van der Waals surface area contributed by atoms with Crippen molar-refractivity contribution in [3.63, 3.8) is 0 Å². The first-order valence-electron chi connectivity index (χ1n) is 5.97. The molecule has 1 rings (SSSR count). The van der Waals surface area contributed by atoms with E-state index >= 15 is 0 Å². The molecule has 7 nitrogen and oxygen atoms in total. The highest BCUT2D eigenvalue weighted by molar-refractivity contribution is 5.93. The van der Waals surface area contributed by atoms with Gasteiger partial charge in [-0.2, -0.15) is 0 Å². The van der Waals surface area contributed by atoms with E-state index < -0.39 is 16.6 Å². The molecule has 0 unspecified atom stereocenters. The second-order valence-electron chi connectivity index (χ2n) is 4.35. The van der Waals surface area contributed by atoms with Crippen molar-refractivity contribution in [3.05, 3.63) is 33.4 Å². The van der Waals surface area contributed by atoms with Crippen LogP contribution in [0.2, 0.25) is 0 Å². The summed E-state index contributed by atoms with van der Waals surface area (Å²) in [7, 11) is 0. The Bertz CT molecular complexity index is 552. The largest absolute Gasteiger partial charge is 0.493 e. The lowest BCUT2D eigenvalue weighted by Crippen LogP contribution is -2.06. The van der Waals surface area contributed by atoms with Gasteiger partial charge in [0.05, 0.1) is 17.6 Å². The van der Waals surface area contributed by atoms with Gasteiger partial charge in [0, 0.05) is 6.42 Å². The van der Waals surface area contributed by atoms with Crippen molar-refractivity contribution < 1.29 is 24.4 Å². The van der Waals surface area contributed by atoms with Crippen LogP contribution >= 0.6 is 0 Å². The number of aromatic carboxylic acids is 1. The Kier molecular flexibility index (Phi) is 5.19. The first-order chi connectivity index (χ1) is 9.32. The summed E-state index contributed by atoms with van der Waals surface area (Å²) in [5.41, 5.74) is -0.385. The van der Waals surface area contributed by atoms with E-state index in [9.17, 15) is 19.7 Å². The predicted molar refractivity (Wildman–Crippen MR) is 70.2 cm³/mol. The van der Waals surface area contributed by atoms with Crippen molar-refractivity contribution in [3.8, 4) is 5.75 Å². The maximum Gasteiger partial charge on any atom is 0.342 e. The molecule has 0 aromatic heterocycles. The number of benzene rings is 1. The number of nitro benzene ring substituents is 1. The molecule has 0 saturated heterocycles. The number of carboxylic acids is 1. The Morgan fingerprint density at radius 3 is 2.55 bits per heavy atom. The molecule has 0 aliphatic heterocycles. The van der Waals surface area contributed by atoms with E-state index in [0.29, 0.717) is 18.4 Å². The molecule has 0 amide bonds. The number of ether oxygens (including phenoxy) is 1. The number of rotatable bonds is 7. The molecule has 0 heterocycles. The molecule has 0 aliphatic rings. The average molecular weight is 281 g/mol. The standard InChI is InChI=1S/C13H15NO6/c1-8-6-10(13(16)17)11(14(18)19)7-12(8)20-5-3-4-9(2)15/h6-7H,3-5H2,1-2H3,(H,16,17). The second-order valence-corrected chi connectivity index (χ2v) is 4.35. The minimum Gasteiger partial charge on any atom is -0.493 e. The summed E-state index contributed by atoms with van der Waals surface area (Å²) in [6.07, 6.45) is 0.873. The van der Waals surface area contributed by atoms with Crippen LogP contribution < -0.4 is 4.74 Å². The first-order valence-corrected chi connectivity index (χ1v) is 5.97. The molecule has 20 heavy (non-hydrogen) atoms. The third-order valence-electron chi connectivity index (χ3n) is 2.65. The lowest BCUT2D eigenvalue weighted by atomic mass is 10.1. The SMILES string of the molecule is CC(=O)CCCOc1cc([N+](=O)[O-])c(C(=O)O)cc1C. The van der Waals surface area contributed by atoms with Gasteiger partial charge in [0.1, 0.15) is 17.1 Å². The fourth-order valence-corrected chi connectivity index (χ4v) is 1.66. The molecule has 1 aromatic carbocycles. The molecule has 0 spiro atoms. The van der Waals surface area contributed by atoms with Gasteiger partial charge in [0.2, 0.25) is 0 Å². The van der Waals surface area contributed by atoms with Crippen LogP contribution in [-0.2, 0) is 4.79 Å². The molecule has 0 bridgehead atoms. The summed E-state index contributed by atoms with van der Waals surface area (Å²) in [5.74, 6) is -1.06. The minimum atomic E-state index is -1.36. The van der Waals surface area contributed by atoms with E-state index in [1.165, 1.54) is 13.0 Å². The topological polar surface area (TPSA) is 107 Å². The van der Waals surface area contributed by atoms with Crippen LogP contribution in [0, 0.1) is 17.0 Å². The molecular weight excluding hydrogens is 266 g/mol. The van der Waals surface area contributed by atoms with E-state index in [0.717, 1.165) is 6.07 Å². The van der Waals surface area contributed by atoms with Crippen molar-refractivity contribution in [2.75, 3.05) is 6.61 Å². The van der Waals surface area contributed by atoms with Crippen LogP contribution in [0.1, 0.15) is 35.7 Å². The minimum absolute atomic E-state index is 0.0394. The number of ketones is 1. The Balaban J connectivity index is 2.92. The molecule has 0 atom stereocenters. The van der Waals surface area contributed by atoms with Crippen molar-refractivity contribution >= 4 is 17.4 Å².